The number of nitrogens with zero attached hydrogens (tertiary/aromatic N) is 5. The van der Waals surface area contributed by atoms with Gasteiger partial charge in [-0.1, -0.05) is 24.3 Å². The number of phenolic OH excluding ortho intramolecular Hbond substituents is 1. The molecule has 14 nitrogen and oxygen atoms in total. The Balaban J connectivity index is 1.06. The van der Waals surface area contributed by atoms with E-state index in [9.17, 15) is 24.3 Å². The highest BCUT2D eigenvalue weighted by Crippen LogP contribution is 2.28. The average molecular weight is 757 g/mol. The third-order valence-electron chi connectivity index (χ3n) is 10.6. The molecule has 2 aromatic rings. The average Bonchev–Trinajstić information content (AvgIpc) is 3.30. The number of aromatic hydroxyl groups is 1. The molecule has 0 aromatic heterocycles. The fourth-order valence-electron chi connectivity index (χ4n) is 7.76. The highest BCUT2D eigenvalue weighted by Gasteiger charge is 2.38. The van der Waals surface area contributed by atoms with Crippen LogP contribution in [0.2, 0.25) is 0 Å². The van der Waals surface area contributed by atoms with E-state index in [0.29, 0.717) is 69.7 Å². The number of amides is 6. The molecule has 15 heteroatoms. The third kappa shape index (κ3) is 8.10. The van der Waals surface area contributed by atoms with Gasteiger partial charge < -0.3 is 34.8 Å². The Kier molecular flexibility index (Phi) is 11.3. The number of fused-ring (bicyclic) bond motifs is 1. The number of carbonyl (C=O) groups is 4. The van der Waals surface area contributed by atoms with E-state index < -0.39 is 18.2 Å². The van der Waals surface area contributed by atoms with Crippen LogP contribution in [-0.2, 0) is 22.4 Å². The summed E-state index contributed by atoms with van der Waals surface area (Å²) in [6.07, 6.45) is 2.00. The Hall–Kier alpha value is -4.08. The number of carbonyl (C=O) groups excluding carboxylic acids is 4. The molecule has 0 spiro atoms. The molecule has 4 aliphatic heterocycles. The molecule has 0 radical (unpaired) electrons. The van der Waals surface area contributed by atoms with E-state index in [1.54, 1.807) is 38.4 Å². The summed E-state index contributed by atoms with van der Waals surface area (Å²) in [5.41, 5.74) is 4.39. The number of urea groups is 2. The van der Waals surface area contributed by atoms with Gasteiger partial charge in [0.15, 0.2) is 6.10 Å². The van der Waals surface area contributed by atoms with E-state index in [1.807, 2.05) is 29.2 Å². The zero-order valence-corrected chi connectivity index (χ0v) is 29.9. The van der Waals surface area contributed by atoms with Crippen molar-refractivity contribution in [3.63, 3.8) is 0 Å². The zero-order valence-electron chi connectivity index (χ0n) is 28.3. The van der Waals surface area contributed by atoms with E-state index >= 15 is 0 Å². The second-order valence-electron chi connectivity index (χ2n) is 13.6. The van der Waals surface area contributed by atoms with Crippen LogP contribution in [0, 0.1) is 0 Å². The van der Waals surface area contributed by atoms with Gasteiger partial charge >= 0.3 is 18.2 Å². The molecular formula is C35H46BrN7O7. The predicted molar refractivity (Wildman–Crippen MR) is 188 cm³/mol. The molecule has 0 bridgehead atoms. The Labute approximate surface area is 300 Å². The molecule has 3 saturated heterocycles. The lowest BCUT2D eigenvalue weighted by molar-refractivity contribution is -0.142. The second kappa shape index (κ2) is 15.9. The smallest absolute Gasteiger partial charge is 0.410 e. The van der Waals surface area contributed by atoms with Crippen LogP contribution in [0.3, 0.4) is 0 Å². The summed E-state index contributed by atoms with van der Waals surface area (Å²) in [4.78, 5) is 61.8. The van der Waals surface area contributed by atoms with Crippen molar-refractivity contribution in [2.24, 2.45) is 0 Å². The lowest BCUT2D eigenvalue weighted by atomic mass is 9.98. The highest BCUT2D eigenvalue weighted by molar-refractivity contribution is 9.10. The number of phenols is 1. The van der Waals surface area contributed by atoms with E-state index in [4.69, 9.17) is 9.94 Å². The van der Waals surface area contributed by atoms with E-state index in [-0.39, 0.29) is 42.2 Å². The van der Waals surface area contributed by atoms with Gasteiger partial charge in [-0.05, 0) is 84.3 Å². The van der Waals surface area contributed by atoms with Crippen LogP contribution in [0.1, 0.15) is 43.7 Å². The van der Waals surface area contributed by atoms with Crippen LogP contribution >= 0.6 is 15.9 Å². The van der Waals surface area contributed by atoms with Gasteiger partial charge in [0, 0.05) is 82.6 Å². The van der Waals surface area contributed by atoms with Crippen molar-refractivity contribution in [2.45, 2.75) is 69.7 Å². The molecule has 3 fully saturated rings. The molecule has 6 amide bonds. The molecule has 1 unspecified atom stereocenters. The van der Waals surface area contributed by atoms with E-state index in [0.717, 1.165) is 36.1 Å². The topological polar surface area (TPSA) is 158 Å². The molecule has 4 N–H and O–H groups in total. The number of halogens is 1. The standard InChI is InChI=1S/C35H46BrN7O7/c1-23-22-41(34(47)38-49)18-19-42(23)26-9-13-39(14-10-26)32(45)31(21-24-6-7-30(44)28(36)20-24)50-35(48)40-15-11-27(12-16-40)43-17-8-25-4-2-3-5-29(25)37-33(43)46/h2-7,20,23,26-27,31,44,49H,8-19,21-22H2,1H3,(H,37,46)(H,38,47)/t23-,31?/m1/s1. The number of anilines is 1. The van der Waals surface area contributed by atoms with Crippen molar-refractivity contribution in [3.8, 4) is 5.75 Å². The molecule has 50 heavy (non-hydrogen) atoms. The minimum absolute atomic E-state index is 0.0149. The maximum Gasteiger partial charge on any atom is 0.410 e. The summed E-state index contributed by atoms with van der Waals surface area (Å²) >= 11 is 3.35. The summed E-state index contributed by atoms with van der Waals surface area (Å²) < 4.78 is 6.49. The van der Waals surface area contributed by atoms with Crippen molar-refractivity contribution in [1.29, 1.82) is 0 Å². The van der Waals surface area contributed by atoms with Crippen LogP contribution in [-0.4, -0.2) is 135 Å². The Morgan fingerprint density at radius 2 is 1.64 bits per heavy atom. The van der Waals surface area contributed by atoms with Crippen molar-refractivity contribution in [1.82, 2.24) is 30.0 Å². The summed E-state index contributed by atoms with van der Waals surface area (Å²) in [5, 5.41) is 22.1. The van der Waals surface area contributed by atoms with Gasteiger partial charge in [-0.3, -0.25) is 14.9 Å². The molecule has 0 aliphatic carbocycles. The number of hydrogen-bond donors (Lipinski definition) is 4. The molecule has 2 atom stereocenters. The number of para-hydroxylation sites is 1. The van der Waals surface area contributed by atoms with Gasteiger partial charge in [0.25, 0.3) is 5.91 Å². The Bertz CT molecular complexity index is 1560. The number of benzene rings is 2. The van der Waals surface area contributed by atoms with Crippen LogP contribution in [0.25, 0.3) is 0 Å². The molecule has 0 saturated carbocycles. The SMILES string of the molecule is C[C@@H]1CN(C(=O)NO)CCN1C1CCN(C(=O)C(Cc2ccc(O)c(Br)c2)OC(=O)N2CCC(N3CCc4ccccc4NC3=O)CC2)CC1. The number of hydroxylamine groups is 1. The van der Waals surface area contributed by atoms with Crippen molar-refractivity contribution in [3.05, 3.63) is 58.1 Å². The van der Waals surface area contributed by atoms with Gasteiger partial charge in [-0.25, -0.2) is 19.9 Å². The molecule has 6 rings (SSSR count). The number of hydrogen-bond acceptors (Lipinski definition) is 8. The summed E-state index contributed by atoms with van der Waals surface area (Å²) in [6, 6.07) is 12.5. The van der Waals surface area contributed by atoms with Crippen LogP contribution in [0.5, 0.6) is 5.75 Å². The number of likely N-dealkylation sites (tertiary alicyclic amines) is 2. The maximum absolute atomic E-state index is 14.0. The number of rotatable bonds is 6. The minimum atomic E-state index is -1.05. The summed E-state index contributed by atoms with van der Waals surface area (Å²) in [6.45, 7) is 6.17. The van der Waals surface area contributed by atoms with Gasteiger partial charge in [0.05, 0.1) is 4.47 Å². The first-order chi connectivity index (χ1) is 24.1. The number of piperazine rings is 1. The van der Waals surface area contributed by atoms with Crippen LogP contribution < -0.4 is 10.8 Å². The molecule has 2 aromatic carbocycles. The second-order valence-corrected chi connectivity index (χ2v) is 14.5. The van der Waals surface area contributed by atoms with Crippen LogP contribution in [0.15, 0.2) is 46.9 Å². The van der Waals surface area contributed by atoms with Crippen LogP contribution in [0.4, 0.5) is 20.1 Å². The molecule has 4 heterocycles. The first-order valence-corrected chi connectivity index (χ1v) is 18.2. The number of ether oxygens (including phenoxy) is 1. The number of piperidine rings is 2. The highest BCUT2D eigenvalue weighted by atomic mass is 79.9. The lowest BCUT2D eigenvalue weighted by Crippen LogP contribution is -2.60. The normalized spacial score (nSPS) is 21.6. The summed E-state index contributed by atoms with van der Waals surface area (Å²) in [5.74, 6) is -0.179. The predicted octanol–water partition coefficient (Wildman–Crippen LogP) is 3.85. The molecule has 270 valence electrons. The van der Waals surface area contributed by atoms with Gasteiger partial charge in [-0.15, -0.1) is 0 Å². The Morgan fingerprint density at radius 3 is 2.34 bits per heavy atom. The van der Waals surface area contributed by atoms with Crippen molar-refractivity contribution < 1.29 is 34.2 Å². The zero-order chi connectivity index (χ0) is 35.4. The molecule has 4 aliphatic rings. The summed E-state index contributed by atoms with van der Waals surface area (Å²) in [7, 11) is 0. The first-order valence-electron chi connectivity index (χ1n) is 17.4. The minimum Gasteiger partial charge on any atom is -0.507 e. The van der Waals surface area contributed by atoms with E-state index in [1.165, 1.54) is 0 Å². The fraction of sp³-hybridized carbons (Fsp3) is 0.543. The lowest BCUT2D eigenvalue weighted by Gasteiger charge is -2.46. The monoisotopic (exact) mass is 755 g/mol. The third-order valence-corrected chi connectivity index (χ3v) is 11.2. The fourth-order valence-corrected chi connectivity index (χ4v) is 8.18. The molecular weight excluding hydrogens is 710 g/mol. The number of nitrogens with one attached hydrogen (secondary N) is 2. The quantitative estimate of drug-likeness (QED) is 0.256. The largest absolute Gasteiger partial charge is 0.507 e. The van der Waals surface area contributed by atoms with Gasteiger partial charge in [0.1, 0.15) is 5.75 Å². The van der Waals surface area contributed by atoms with Gasteiger partial charge in [-0.2, -0.15) is 0 Å². The first kappa shape index (κ1) is 35.7. The van der Waals surface area contributed by atoms with Gasteiger partial charge in [0.2, 0.25) is 0 Å². The Morgan fingerprint density at radius 1 is 0.940 bits per heavy atom. The van der Waals surface area contributed by atoms with Crippen molar-refractivity contribution in [2.75, 3.05) is 57.7 Å². The van der Waals surface area contributed by atoms with Crippen molar-refractivity contribution >= 4 is 45.7 Å². The maximum atomic E-state index is 14.0. The van der Waals surface area contributed by atoms with E-state index in [2.05, 4.69) is 33.1 Å².